The molecule has 7 nitrogen and oxygen atoms in total. The molecule has 150 valence electrons. The molecule has 1 aromatic heterocycles. The quantitative estimate of drug-likeness (QED) is 0.807. The standard InChI is InChI=1S/C22H25N5O2/c1-15-16-8-4-5-9-17(16)22(29)27(15)14-20(28)25-13-7-10-18(25)21-24-23-19-11-3-2-6-12-26(19)21/h4-5,8-9,18H,1-3,6-7,10-14H2. The van der Waals surface area contributed by atoms with Crippen molar-refractivity contribution in [3.05, 3.63) is 53.6 Å². The van der Waals surface area contributed by atoms with Gasteiger partial charge in [-0.3, -0.25) is 14.5 Å². The van der Waals surface area contributed by atoms with Gasteiger partial charge in [0.15, 0.2) is 5.82 Å². The lowest BCUT2D eigenvalue weighted by Gasteiger charge is -2.27. The minimum absolute atomic E-state index is 0.0177. The highest BCUT2D eigenvalue weighted by atomic mass is 16.2. The summed E-state index contributed by atoms with van der Waals surface area (Å²) in [5.41, 5.74) is 2.03. The van der Waals surface area contributed by atoms with Crippen LogP contribution in [0.15, 0.2) is 30.8 Å². The van der Waals surface area contributed by atoms with Crippen LogP contribution in [0.5, 0.6) is 0 Å². The van der Waals surface area contributed by atoms with Gasteiger partial charge in [0, 0.05) is 36.3 Å². The fourth-order valence-electron chi connectivity index (χ4n) is 4.82. The smallest absolute Gasteiger partial charge is 0.259 e. The van der Waals surface area contributed by atoms with Gasteiger partial charge in [0.1, 0.15) is 12.4 Å². The lowest BCUT2D eigenvalue weighted by molar-refractivity contribution is -0.132. The Morgan fingerprint density at radius 1 is 1.07 bits per heavy atom. The number of aromatic nitrogens is 3. The number of nitrogens with zero attached hydrogens (tertiary/aromatic N) is 5. The van der Waals surface area contributed by atoms with Crippen molar-refractivity contribution >= 4 is 17.5 Å². The maximum Gasteiger partial charge on any atom is 0.259 e. The van der Waals surface area contributed by atoms with E-state index in [-0.39, 0.29) is 24.4 Å². The van der Waals surface area contributed by atoms with Gasteiger partial charge < -0.3 is 9.47 Å². The molecule has 0 saturated carbocycles. The second-order valence-electron chi connectivity index (χ2n) is 8.07. The van der Waals surface area contributed by atoms with Gasteiger partial charge >= 0.3 is 0 Å². The van der Waals surface area contributed by atoms with Gasteiger partial charge in [-0.1, -0.05) is 31.2 Å². The third-order valence-electron chi connectivity index (χ3n) is 6.34. The molecule has 29 heavy (non-hydrogen) atoms. The Hall–Kier alpha value is -2.96. The third-order valence-corrected chi connectivity index (χ3v) is 6.34. The number of likely N-dealkylation sites (tertiary alicyclic amines) is 1. The van der Waals surface area contributed by atoms with Crippen molar-refractivity contribution in [2.24, 2.45) is 0 Å². The number of hydrogen-bond donors (Lipinski definition) is 0. The predicted molar refractivity (Wildman–Crippen MR) is 108 cm³/mol. The number of carbonyl (C=O) groups is 2. The first-order chi connectivity index (χ1) is 14.1. The number of benzene rings is 1. The lowest BCUT2D eigenvalue weighted by Crippen LogP contribution is -2.40. The lowest BCUT2D eigenvalue weighted by atomic mass is 10.1. The summed E-state index contributed by atoms with van der Waals surface area (Å²) in [4.78, 5) is 29.4. The van der Waals surface area contributed by atoms with Crippen molar-refractivity contribution in [3.8, 4) is 0 Å². The zero-order chi connectivity index (χ0) is 20.0. The molecule has 0 N–H and O–H groups in total. The summed E-state index contributed by atoms with van der Waals surface area (Å²) >= 11 is 0. The minimum atomic E-state index is -0.147. The van der Waals surface area contributed by atoms with Gasteiger partial charge in [0.2, 0.25) is 5.91 Å². The number of carbonyl (C=O) groups excluding carboxylic acids is 2. The van der Waals surface area contributed by atoms with Crippen LogP contribution in [0.3, 0.4) is 0 Å². The molecule has 0 spiro atoms. The van der Waals surface area contributed by atoms with E-state index < -0.39 is 0 Å². The largest absolute Gasteiger partial charge is 0.331 e. The van der Waals surface area contributed by atoms with Crippen LogP contribution in [-0.2, 0) is 17.8 Å². The molecule has 1 atom stereocenters. The van der Waals surface area contributed by atoms with Crippen molar-refractivity contribution in [2.75, 3.05) is 13.1 Å². The van der Waals surface area contributed by atoms with Crippen molar-refractivity contribution in [1.82, 2.24) is 24.6 Å². The van der Waals surface area contributed by atoms with E-state index in [0.29, 0.717) is 17.8 Å². The number of rotatable bonds is 3. The molecule has 1 saturated heterocycles. The highest BCUT2D eigenvalue weighted by Crippen LogP contribution is 2.34. The summed E-state index contributed by atoms with van der Waals surface area (Å²) in [6.45, 7) is 5.68. The first-order valence-corrected chi connectivity index (χ1v) is 10.5. The number of aryl methyl sites for hydroxylation is 1. The molecule has 4 heterocycles. The Labute approximate surface area is 170 Å². The topological polar surface area (TPSA) is 71.3 Å². The zero-order valence-corrected chi connectivity index (χ0v) is 16.5. The summed E-state index contributed by atoms with van der Waals surface area (Å²) in [5, 5.41) is 8.88. The van der Waals surface area contributed by atoms with Crippen molar-refractivity contribution in [1.29, 1.82) is 0 Å². The van der Waals surface area contributed by atoms with Crippen LogP contribution in [0.2, 0.25) is 0 Å². The Morgan fingerprint density at radius 3 is 2.72 bits per heavy atom. The fourth-order valence-corrected chi connectivity index (χ4v) is 4.82. The Kier molecular flexibility index (Phi) is 4.45. The van der Waals surface area contributed by atoms with Crippen LogP contribution in [0.1, 0.15) is 65.7 Å². The van der Waals surface area contributed by atoms with Gasteiger partial charge in [0.05, 0.1) is 6.04 Å². The Morgan fingerprint density at radius 2 is 1.90 bits per heavy atom. The van der Waals surface area contributed by atoms with Crippen LogP contribution in [0.25, 0.3) is 5.70 Å². The molecule has 0 radical (unpaired) electrons. The average molecular weight is 391 g/mol. The normalized spacial score (nSPS) is 21.3. The highest BCUT2D eigenvalue weighted by molar-refractivity contribution is 6.10. The zero-order valence-electron chi connectivity index (χ0n) is 16.5. The van der Waals surface area contributed by atoms with E-state index in [1.807, 2.05) is 23.1 Å². The molecule has 0 bridgehead atoms. The maximum atomic E-state index is 13.2. The van der Waals surface area contributed by atoms with Gasteiger partial charge in [0.25, 0.3) is 5.91 Å². The van der Waals surface area contributed by atoms with Gasteiger partial charge in [-0.05, 0) is 31.7 Å². The molecule has 7 heteroatoms. The van der Waals surface area contributed by atoms with Crippen molar-refractivity contribution < 1.29 is 9.59 Å². The van der Waals surface area contributed by atoms with Gasteiger partial charge in [-0.15, -0.1) is 10.2 Å². The van der Waals surface area contributed by atoms with Gasteiger partial charge in [-0.2, -0.15) is 0 Å². The SMILES string of the molecule is C=C1c2ccccc2C(=O)N1CC(=O)N1CCCC1c1nnc2n1CCCCC2. The van der Waals surface area contributed by atoms with E-state index in [1.165, 1.54) is 11.3 Å². The molecule has 2 amide bonds. The monoisotopic (exact) mass is 391 g/mol. The van der Waals surface area contributed by atoms with Crippen LogP contribution in [-0.4, -0.2) is 49.5 Å². The van der Waals surface area contributed by atoms with E-state index in [9.17, 15) is 9.59 Å². The summed E-state index contributed by atoms with van der Waals surface area (Å²) in [5.74, 6) is 1.74. The molecular weight excluding hydrogens is 366 g/mol. The van der Waals surface area contributed by atoms with Crippen LogP contribution < -0.4 is 0 Å². The molecule has 0 aliphatic carbocycles. The highest BCUT2D eigenvalue weighted by Gasteiger charge is 2.38. The summed E-state index contributed by atoms with van der Waals surface area (Å²) in [6.07, 6.45) is 6.25. The van der Waals surface area contributed by atoms with E-state index >= 15 is 0 Å². The van der Waals surface area contributed by atoms with Crippen LogP contribution in [0, 0.1) is 0 Å². The average Bonchev–Trinajstić information content (AvgIpc) is 3.37. The van der Waals surface area contributed by atoms with Gasteiger partial charge in [-0.25, -0.2) is 0 Å². The van der Waals surface area contributed by atoms with E-state index in [0.717, 1.165) is 55.9 Å². The van der Waals surface area contributed by atoms with E-state index in [2.05, 4.69) is 21.3 Å². The molecule has 1 unspecified atom stereocenters. The molecule has 3 aliphatic rings. The Balaban J connectivity index is 1.36. The van der Waals surface area contributed by atoms with Crippen LogP contribution >= 0.6 is 0 Å². The molecule has 3 aliphatic heterocycles. The number of hydrogen-bond acceptors (Lipinski definition) is 4. The fraction of sp³-hybridized carbons (Fsp3) is 0.455. The number of fused-ring (bicyclic) bond motifs is 2. The second kappa shape index (κ2) is 7.13. The molecule has 2 aromatic rings. The molecule has 1 aromatic carbocycles. The maximum absolute atomic E-state index is 13.2. The van der Waals surface area contributed by atoms with Crippen molar-refractivity contribution in [3.63, 3.8) is 0 Å². The summed E-state index contributed by atoms with van der Waals surface area (Å²) < 4.78 is 2.22. The Bertz CT molecular complexity index is 960. The van der Waals surface area contributed by atoms with Crippen LogP contribution in [0.4, 0.5) is 0 Å². The summed E-state index contributed by atoms with van der Waals surface area (Å²) in [6, 6.07) is 7.33. The van der Waals surface area contributed by atoms with E-state index in [1.54, 1.807) is 6.07 Å². The first kappa shape index (κ1) is 18.1. The van der Waals surface area contributed by atoms with Crippen molar-refractivity contribution in [2.45, 2.75) is 51.1 Å². The first-order valence-electron chi connectivity index (χ1n) is 10.5. The molecular formula is C22H25N5O2. The number of amides is 2. The molecule has 1 fully saturated rings. The molecule has 5 rings (SSSR count). The third kappa shape index (κ3) is 2.96. The minimum Gasteiger partial charge on any atom is -0.331 e. The second-order valence-corrected chi connectivity index (χ2v) is 8.07. The summed E-state index contributed by atoms with van der Waals surface area (Å²) in [7, 11) is 0. The predicted octanol–water partition coefficient (Wildman–Crippen LogP) is 2.79. The van der Waals surface area contributed by atoms with E-state index in [4.69, 9.17) is 0 Å².